The summed E-state index contributed by atoms with van der Waals surface area (Å²) in [4.78, 5) is 27.4. The fourth-order valence-corrected chi connectivity index (χ4v) is 2.89. The molecule has 2 heterocycles. The van der Waals surface area contributed by atoms with Crippen molar-refractivity contribution in [3.05, 3.63) is 0 Å². The second-order valence-corrected chi connectivity index (χ2v) is 5.74. The molecule has 2 aliphatic heterocycles. The van der Waals surface area contributed by atoms with Gasteiger partial charge >= 0.3 is 0 Å². The SMILES string of the molecule is CN1CCC(CCC(=O)N2CCCC(=O)C2)CC1. The molecule has 0 aliphatic carbocycles. The van der Waals surface area contributed by atoms with Crippen LogP contribution in [-0.2, 0) is 9.59 Å². The number of carbonyl (C=O) groups excluding carboxylic acids is 2. The third kappa shape index (κ3) is 3.80. The minimum Gasteiger partial charge on any atom is -0.335 e. The van der Waals surface area contributed by atoms with Crippen molar-refractivity contribution in [3.8, 4) is 0 Å². The molecule has 2 saturated heterocycles. The molecule has 4 nitrogen and oxygen atoms in total. The Hall–Kier alpha value is -0.900. The molecule has 0 N–H and O–H groups in total. The molecular weight excluding hydrogens is 228 g/mol. The number of ketones is 1. The lowest BCUT2D eigenvalue weighted by Gasteiger charge is -2.30. The van der Waals surface area contributed by atoms with Gasteiger partial charge in [0.15, 0.2) is 5.78 Å². The van der Waals surface area contributed by atoms with E-state index < -0.39 is 0 Å². The summed E-state index contributed by atoms with van der Waals surface area (Å²) in [6.07, 6.45) is 5.54. The zero-order chi connectivity index (χ0) is 13.0. The predicted octanol–water partition coefficient (Wildman–Crippen LogP) is 1.30. The number of hydrogen-bond donors (Lipinski definition) is 0. The highest BCUT2D eigenvalue weighted by Gasteiger charge is 2.23. The Kier molecular flexibility index (Phi) is 4.75. The monoisotopic (exact) mass is 252 g/mol. The highest BCUT2D eigenvalue weighted by molar-refractivity contribution is 5.87. The van der Waals surface area contributed by atoms with Gasteiger partial charge in [0.25, 0.3) is 0 Å². The van der Waals surface area contributed by atoms with Crippen LogP contribution in [0.3, 0.4) is 0 Å². The zero-order valence-electron chi connectivity index (χ0n) is 11.4. The molecule has 0 radical (unpaired) electrons. The van der Waals surface area contributed by atoms with E-state index in [2.05, 4.69) is 11.9 Å². The Morgan fingerprint density at radius 3 is 2.67 bits per heavy atom. The highest BCUT2D eigenvalue weighted by Crippen LogP contribution is 2.21. The van der Waals surface area contributed by atoms with Crippen LogP contribution < -0.4 is 0 Å². The lowest BCUT2D eigenvalue weighted by atomic mass is 9.92. The number of carbonyl (C=O) groups is 2. The standard InChI is InChI=1S/C14H24N2O2/c1-15-9-6-12(7-10-15)4-5-14(18)16-8-2-3-13(17)11-16/h12H,2-11H2,1H3. The normalized spacial score (nSPS) is 23.4. The summed E-state index contributed by atoms with van der Waals surface area (Å²) in [5.74, 6) is 1.10. The van der Waals surface area contributed by atoms with Crippen LogP contribution in [-0.4, -0.2) is 54.7 Å². The summed E-state index contributed by atoms with van der Waals surface area (Å²) >= 11 is 0. The van der Waals surface area contributed by atoms with Crippen molar-refractivity contribution in [3.63, 3.8) is 0 Å². The van der Waals surface area contributed by atoms with Crippen molar-refractivity contribution < 1.29 is 9.59 Å². The molecule has 4 heteroatoms. The summed E-state index contributed by atoms with van der Waals surface area (Å²) in [7, 11) is 2.15. The second-order valence-electron chi connectivity index (χ2n) is 5.74. The molecule has 2 fully saturated rings. The van der Waals surface area contributed by atoms with Crippen molar-refractivity contribution in [2.75, 3.05) is 33.2 Å². The van der Waals surface area contributed by atoms with Crippen molar-refractivity contribution in [2.45, 2.75) is 38.5 Å². The van der Waals surface area contributed by atoms with E-state index in [0.29, 0.717) is 25.3 Å². The lowest BCUT2D eigenvalue weighted by Crippen LogP contribution is -2.40. The van der Waals surface area contributed by atoms with E-state index in [9.17, 15) is 9.59 Å². The number of amides is 1. The first-order valence-corrected chi connectivity index (χ1v) is 7.13. The molecule has 0 aromatic heterocycles. The number of nitrogens with zero attached hydrogens (tertiary/aromatic N) is 2. The highest BCUT2D eigenvalue weighted by atomic mass is 16.2. The molecule has 0 aromatic rings. The second kappa shape index (κ2) is 6.32. The van der Waals surface area contributed by atoms with Crippen LogP contribution in [0, 0.1) is 5.92 Å². The van der Waals surface area contributed by atoms with Crippen LogP contribution in [0.2, 0.25) is 0 Å². The molecule has 0 aromatic carbocycles. The first-order chi connectivity index (χ1) is 8.65. The fourth-order valence-electron chi connectivity index (χ4n) is 2.89. The Labute approximate surface area is 109 Å². The van der Waals surface area contributed by atoms with Gasteiger partial charge in [0.05, 0.1) is 6.54 Å². The quantitative estimate of drug-likeness (QED) is 0.760. The maximum absolute atomic E-state index is 12.0. The minimum atomic E-state index is 0.182. The first kappa shape index (κ1) is 13.5. The fraction of sp³-hybridized carbons (Fsp3) is 0.857. The molecule has 0 unspecified atom stereocenters. The summed E-state index contributed by atoms with van der Waals surface area (Å²) < 4.78 is 0. The van der Waals surface area contributed by atoms with Gasteiger partial charge in [-0.1, -0.05) is 0 Å². The third-order valence-electron chi connectivity index (χ3n) is 4.21. The van der Waals surface area contributed by atoms with Crippen LogP contribution in [0.25, 0.3) is 0 Å². The summed E-state index contributed by atoms with van der Waals surface area (Å²) in [6, 6.07) is 0. The number of piperidine rings is 2. The van der Waals surface area contributed by atoms with E-state index in [4.69, 9.17) is 0 Å². The topological polar surface area (TPSA) is 40.6 Å². The van der Waals surface area contributed by atoms with Gasteiger partial charge in [-0.25, -0.2) is 0 Å². The molecule has 0 bridgehead atoms. The van der Waals surface area contributed by atoms with Gasteiger partial charge in [0.2, 0.25) is 5.91 Å². The molecule has 2 rings (SSSR count). The number of hydrogen-bond acceptors (Lipinski definition) is 3. The van der Waals surface area contributed by atoms with Crippen LogP contribution in [0.5, 0.6) is 0 Å². The van der Waals surface area contributed by atoms with Crippen LogP contribution in [0.4, 0.5) is 0 Å². The Balaban J connectivity index is 1.69. The zero-order valence-corrected chi connectivity index (χ0v) is 11.4. The maximum Gasteiger partial charge on any atom is 0.222 e. The van der Waals surface area contributed by atoms with Crippen LogP contribution >= 0.6 is 0 Å². The van der Waals surface area contributed by atoms with Crippen molar-refractivity contribution in [1.29, 1.82) is 0 Å². The van der Waals surface area contributed by atoms with Gasteiger partial charge in [0.1, 0.15) is 0 Å². The molecule has 2 aliphatic rings. The number of likely N-dealkylation sites (tertiary alicyclic amines) is 2. The molecule has 102 valence electrons. The molecular formula is C14H24N2O2. The van der Waals surface area contributed by atoms with E-state index >= 15 is 0 Å². The summed E-state index contributed by atoms with van der Waals surface area (Å²) in [6.45, 7) is 3.44. The van der Waals surface area contributed by atoms with Crippen molar-refractivity contribution in [1.82, 2.24) is 9.80 Å². The lowest BCUT2D eigenvalue weighted by molar-refractivity contribution is -0.137. The van der Waals surface area contributed by atoms with Gasteiger partial charge in [-0.15, -0.1) is 0 Å². The molecule has 1 amide bonds. The molecule has 0 saturated carbocycles. The van der Waals surface area contributed by atoms with Crippen LogP contribution in [0.15, 0.2) is 0 Å². The van der Waals surface area contributed by atoms with Crippen molar-refractivity contribution >= 4 is 11.7 Å². The maximum atomic E-state index is 12.0. The first-order valence-electron chi connectivity index (χ1n) is 7.13. The van der Waals surface area contributed by atoms with Gasteiger partial charge in [0, 0.05) is 19.4 Å². The summed E-state index contributed by atoms with van der Waals surface area (Å²) in [5, 5.41) is 0. The Morgan fingerprint density at radius 1 is 1.28 bits per heavy atom. The predicted molar refractivity (Wildman–Crippen MR) is 70.3 cm³/mol. The number of Topliss-reactive ketones (excluding diaryl/α,β-unsaturated/α-hetero) is 1. The van der Waals surface area contributed by atoms with E-state index in [1.807, 2.05) is 0 Å². The van der Waals surface area contributed by atoms with Gasteiger partial charge in [-0.05, 0) is 51.7 Å². The van der Waals surface area contributed by atoms with Gasteiger partial charge in [-0.2, -0.15) is 0 Å². The average Bonchev–Trinajstić information content (AvgIpc) is 2.38. The minimum absolute atomic E-state index is 0.182. The van der Waals surface area contributed by atoms with E-state index in [1.165, 1.54) is 12.8 Å². The molecule has 0 spiro atoms. The van der Waals surface area contributed by atoms with Crippen LogP contribution in [0.1, 0.15) is 38.5 Å². The van der Waals surface area contributed by atoms with Crippen molar-refractivity contribution in [2.24, 2.45) is 5.92 Å². The molecule has 18 heavy (non-hydrogen) atoms. The Morgan fingerprint density at radius 2 is 2.00 bits per heavy atom. The van der Waals surface area contributed by atoms with Gasteiger partial charge in [-0.3, -0.25) is 9.59 Å². The largest absolute Gasteiger partial charge is 0.335 e. The molecule has 0 atom stereocenters. The summed E-state index contributed by atoms with van der Waals surface area (Å²) in [5.41, 5.74) is 0. The average molecular weight is 252 g/mol. The Bertz CT molecular complexity index is 309. The van der Waals surface area contributed by atoms with E-state index in [-0.39, 0.29) is 11.7 Å². The van der Waals surface area contributed by atoms with Gasteiger partial charge < -0.3 is 9.80 Å². The number of rotatable bonds is 3. The third-order valence-corrected chi connectivity index (χ3v) is 4.21. The smallest absolute Gasteiger partial charge is 0.222 e. The van der Waals surface area contributed by atoms with E-state index in [0.717, 1.165) is 32.5 Å². The van der Waals surface area contributed by atoms with E-state index in [1.54, 1.807) is 4.90 Å².